The maximum Gasteiger partial charge on any atom is 0.317 e. The highest BCUT2D eigenvalue weighted by molar-refractivity contribution is 5.63. The van der Waals surface area contributed by atoms with Crippen molar-refractivity contribution in [1.29, 1.82) is 0 Å². The predicted octanol–water partition coefficient (Wildman–Crippen LogP) is 0.219. The van der Waals surface area contributed by atoms with E-state index in [1.807, 2.05) is 19.4 Å². The molecule has 0 aromatic rings. The van der Waals surface area contributed by atoms with E-state index in [9.17, 15) is 9.59 Å². The van der Waals surface area contributed by atoms with Gasteiger partial charge >= 0.3 is 6.41 Å². The molecule has 2 fully saturated rings. The van der Waals surface area contributed by atoms with Crippen LogP contribution in [0.15, 0.2) is 5.70 Å². The largest absolute Gasteiger partial charge is 0.317 e. The first kappa shape index (κ1) is 13.3. The molecule has 0 aromatic heterocycles. The molecule has 18 heavy (non-hydrogen) atoms. The molecule has 1 radical (unpaired) electrons. The highest BCUT2D eigenvalue weighted by Gasteiger charge is 2.35. The van der Waals surface area contributed by atoms with Crippen molar-refractivity contribution < 1.29 is 9.59 Å². The summed E-state index contributed by atoms with van der Waals surface area (Å²) in [4.78, 5) is 27.9. The zero-order valence-corrected chi connectivity index (χ0v) is 10.9. The Hall–Kier alpha value is -1.16. The molecule has 99 valence electrons. The van der Waals surface area contributed by atoms with E-state index in [2.05, 4.69) is 9.80 Å². The Bertz CT molecular complexity index is 344. The van der Waals surface area contributed by atoms with E-state index in [0.717, 1.165) is 32.5 Å². The number of likely N-dealkylation sites (tertiary alicyclic amines) is 1. The highest BCUT2D eigenvalue weighted by atomic mass is 16.1. The van der Waals surface area contributed by atoms with Crippen molar-refractivity contribution in [2.45, 2.75) is 31.8 Å². The van der Waals surface area contributed by atoms with E-state index in [-0.39, 0.29) is 6.17 Å². The summed E-state index contributed by atoms with van der Waals surface area (Å²) in [5.74, 6) is 1.95. The minimum Gasteiger partial charge on any atom is -0.294 e. The van der Waals surface area contributed by atoms with Crippen molar-refractivity contribution >= 4 is 12.4 Å². The molecule has 1 unspecified atom stereocenters. The molecule has 2 heterocycles. The first-order valence-corrected chi connectivity index (χ1v) is 6.62. The zero-order chi connectivity index (χ0) is 13.0. The quantitative estimate of drug-likeness (QED) is 0.658. The number of rotatable bonds is 2. The van der Waals surface area contributed by atoms with E-state index < -0.39 is 0 Å². The Morgan fingerprint density at radius 3 is 2.22 bits per heavy atom. The number of nitrogens with zero attached hydrogens (tertiary/aromatic N) is 3. The lowest BCUT2D eigenvalue weighted by Crippen LogP contribution is -2.57. The predicted molar refractivity (Wildman–Crippen MR) is 68.1 cm³/mol. The summed E-state index contributed by atoms with van der Waals surface area (Å²) in [7, 11) is 2.00. The summed E-state index contributed by atoms with van der Waals surface area (Å²) >= 11 is 0. The van der Waals surface area contributed by atoms with Crippen molar-refractivity contribution in [2.75, 3.05) is 33.2 Å². The van der Waals surface area contributed by atoms with E-state index in [0.29, 0.717) is 12.2 Å². The van der Waals surface area contributed by atoms with Gasteiger partial charge in [-0.15, -0.1) is 0 Å². The van der Waals surface area contributed by atoms with Gasteiger partial charge in [-0.25, -0.2) is 4.79 Å². The van der Waals surface area contributed by atoms with E-state index >= 15 is 0 Å². The SMILES string of the molecule is CN1CCN([C]=O)C(=C=O)C1N1CCCCCC1. The number of carbonyl (C=O) groups excluding carboxylic acids is 2. The van der Waals surface area contributed by atoms with Crippen molar-refractivity contribution in [3.8, 4) is 0 Å². The lowest BCUT2D eigenvalue weighted by atomic mass is 10.2. The average Bonchev–Trinajstić information content (AvgIpc) is 2.67. The van der Waals surface area contributed by atoms with Gasteiger partial charge < -0.3 is 0 Å². The van der Waals surface area contributed by atoms with Crippen LogP contribution in [0.25, 0.3) is 0 Å². The van der Waals surface area contributed by atoms with Crippen LogP contribution in [0.2, 0.25) is 0 Å². The lowest BCUT2D eigenvalue weighted by molar-refractivity contribution is 0.0497. The summed E-state index contributed by atoms with van der Waals surface area (Å²) < 4.78 is 0. The van der Waals surface area contributed by atoms with Gasteiger partial charge in [0.25, 0.3) is 0 Å². The fraction of sp³-hybridized carbons (Fsp3) is 0.769. The summed E-state index contributed by atoms with van der Waals surface area (Å²) in [5, 5.41) is 0. The smallest absolute Gasteiger partial charge is 0.294 e. The standard InChI is InChI=1S/C13H20N3O2/c1-14-8-9-16(11-18)12(10-17)13(14)15-6-4-2-3-5-7-15/h13H,2-9H2,1H3. The van der Waals surface area contributed by atoms with Crippen molar-refractivity contribution in [3.63, 3.8) is 0 Å². The van der Waals surface area contributed by atoms with Gasteiger partial charge in [-0.05, 0) is 19.9 Å². The molecule has 2 aliphatic rings. The Morgan fingerprint density at radius 1 is 1.00 bits per heavy atom. The average molecular weight is 250 g/mol. The normalized spacial score (nSPS) is 27.7. The van der Waals surface area contributed by atoms with Crippen LogP contribution in [0.4, 0.5) is 0 Å². The Labute approximate surface area is 108 Å². The molecule has 5 nitrogen and oxygen atoms in total. The van der Waals surface area contributed by atoms with Crippen LogP contribution in [0.3, 0.4) is 0 Å². The maximum absolute atomic E-state index is 11.2. The topological polar surface area (TPSA) is 43.9 Å². The van der Waals surface area contributed by atoms with Crippen LogP contribution in [0, 0.1) is 0 Å². The molecular weight excluding hydrogens is 230 g/mol. The number of amides is 1. The third-order valence-electron chi connectivity index (χ3n) is 3.83. The number of hydrogen-bond acceptors (Lipinski definition) is 4. The van der Waals surface area contributed by atoms with Crippen molar-refractivity contribution in [1.82, 2.24) is 14.7 Å². The van der Waals surface area contributed by atoms with Crippen LogP contribution in [0.5, 0.6) is 0 Å². The second-order valence-corrected chi connectivity index (χ2v) is 5.03. The van der Waals surface area contributed by atoms with E-state index in [4.69, 9.17) is 0 Å². The maximum atomic E-state index is 11.2. The second-order valence-electron chi connectivity index (χ2n) is 5.03. The van der Waals surface area contributed by atoms with Gasteiger partial charge in [0.2, 0.25) is 0 Å². The van der Waals surface area contributed by atoms with Crippen LogP contribution in [0.1, 0.15) is 25.7 Å². The molecule has 0 saturated carbocycles. The van der Waals surface area contributed by atoms with Crippen LogP contribution < -0.4 is 0 Å². The molecule has 1 amide bonds. The summed E-state index contributed by atoms with van der Waals surface area (Å²) in [6, 6.07) is 0. The highest BCUT2D eigenvalue weighted by Crippen LogP contribution is 2.22. The Balaban J connectivity index is 2.20. The molecule has 5 heteroatoms. The fourth-order valence-electron chi connectivity index (χ4n) is 2.84. The number of likely N-dealkylation sites (N-methyl/N-ethyl adjacent to an activating group) is 1. The first-order valence-electron chi connectivity index (χ1n) is 6.62. The molecule has 1 atom stereocenters. The van der Waals surface area contributed by atoms with Gasteiger partial charge in [-0.3, -0.25) is 19.5 Å². The van der Waals surface area contributed by atoms with Crippen molar-refractivity contribution in [2.24, 2.45) is 0 Å². The number of piperazine rings is 1. The van der Waals surface area contributed by atoms with E-state index in [1.54, 1.807) is 0 Å². The second kappa shape index (κ2) is 6.14. The molecule has 2 rings (SSSR count). The van der Waals surface area contributed by atoms with Crippen LogP contribution >= 0.6 is 0 Å². The van der Waals surface area contributed by atoms with Gasteiger partial charge in [0.15, 0.2) is 0 Å². The van der Waals surface area contributed by atoms with Gasteiger partial charge in [-0.1, -0.05) is 12.8 Å². The summed E-state index contributed by atoms with van der Waals surface area (Å²) in [6.45, 7) is 3.25. The third-order valence-corrected chi connectivity index (χ3v) is 3.83. The van der Waals surface area contributed by atoms with Crippen LogP contribution in [-0.2, 0) is 9.59 Å². The molecule has 0 spiro atoms. The Morgan fingerprint density at radius 2 is 1.67 bits per heavy atom. The van der Waals surface area contributed by atoms with Gasteiger partial charge in [0.05, 0.1) is 0 Å². The minimum absolute atomic E-state index is 0.115. The molecule has 0 aromatic carbocycles. The van der Waals surface area contributed by atoms with Crippen LogP contribution in [-0.4, -0.2) is 66.4 Å². The molecule has 2 aliphatic heterocycles. The third kappa shape index (κ3) is 2.64. The lowest BCUT2D eigenvalue weighted by Gasteiger charge is -2.43. The molecule has 0 aliphatic carbocycles. The molecule has 2 saturated heterocycles. The monoisotopic (exact) mass is 250 g/mol. The first-order chi connectivity index (χ1) is 8.77. The van der Waals surface area contributed by atoms with Crippen molar-refractivity contribution in [3.05, 3.63) is 5.70 Å². The number of hydrogen-bond donors (Lipinski definition) is 0. The van der Waals surface area contributed by atoms with Gasteiger partial charge in [0.1, 0.15) is 17.8 Å². The van der Waals surface area contributed by atoms with Gasteiger partial charge in [0, 0.05) is 26.2 Å². The van der Waals surface area contributed by atoms with E-state index in [1.165, 1.54) is 17.7 Å². The Kier molecular flexibility index (Phi) is 4.53. The van der Waals surface area contributed by atoms with Gasteiger partial charge in [-0.2, -0.15) is 0 Å². The molecular formula is C13H20N3O2. The molecule has 0 N–H and O–H groups in total. The molecule has 0 bridgehead atoms. The zero-order valence-electron chi connectivity index (χ0n) is 10.9. The summed E-state index contributed by atoms with van der Waals surface area (Å²) in [6.07, 6.45) is 6.53. The fourth-order valence-corrected chi connectivity index (χ4v) is 2.84. The minimum atomic E-state index is -0.115. The summed E-state index contributed by atoms with van der Waals surface area (Å²) in [5.41, 5.74) is 0.417.